The van der Waals surface area contributed by atoms with E-state index in [9.17, 15) is 0 Å². The Labute approximate surface area is 110 Å². The molecule has 0 aromatic carbocycles. The Morgan fingerprint density at radius 1 is 1.33 bits per heavy atom. The molecule has 4 nitrogen and oxygen atoms in total. The summed E-state index contributed by atoms with van der Waals surface area (Å²) in [6, 6.07) is 4.23. The van der Waals surface area contributed by atoms with Crippen LogP contribution in [0.2, 0.25) is 0 Å². The first kappa shape index (κ1) is 14.6. The predicted molar refractivity (Wildman–Crippen MR) is 77.1 cm³/mol. The molecule has 0 saturated carbocycles. The summed E-state index contributed by atoms with van der Waals surface area (Å²) in [7, 11) is 2.06. The van der Waals surface area contributed by atoms with Crippen LogP contribution in [-0.4, -0.2) is 24.7 Å². The lowest BCUT2D eigenvalue weighted by atomic mass is 10.0. The molecule has 0 aliphatic rings. The summed E-state index contributed by atoms with van der Waals surface area (Å²) in [6.07, 6.45) is 1.13. The highest BCUT2D eigenvalue weighted by Crippen LogP contribution is 2.24. The van der Waals surface area contributed by atoms with Crippen molar-refractivity contribution < 1.29 is 4.74 Å². The molecule has 1 unspecified atom stereocenters. The van der Waals surface area contributed by atoms with Gasteiger partial charge in [0.15, 0.2) is 0 Å². The van der Waals surface area contributed by atoms with Crippen molar-refractivity contribution in [2.45, 2.75) is 40.2 Å². The lowest BCUT2D eigenvalue weighted by Gasteiger charge is -2.27. The van der Waals surface area contributed by atoms with E-state index in [-0.39, 0.29) is 0 Å². The number of hydrogen-bond acceptors (Lipinski definition) is 4. The molecule has 0 aliphatic heterocycles. The highest BCUT2D eigenvalue weighted by molar-refractivity contribution is 5.54. The zero-order chi connectivity index (χ0) is 13.7. The van der Waals surface area contributed by atoms with Crippen LogP contribution in [0.5, 0.6) is 5.88 Å². The monoisotopic (exact) mass is 251 g/mol. The molecular weight excluding hydrogens is 226 g/mol. The standard InChI is InChI=1S/C14H25N3O/c1-6-18-14-12(15)7-8-13(16-14)17(5)11(4)9-10(2)3/h7-8,10-11H,6,9,15H2,1-5H3. The van der Waals surface area contributed by atoms with Gasteiger partial charge in [-0.15, -0.1) is 0 Å². The Balaban J connectivity index is 2.85. The van der Waals surface area contributed by atoms with E-state index in [1.807, 2.05) is 19.1 Å². The third-order valence-electron chi connectivity index (χ3n) is 2.99. The fourth-order valence-electron chi connectivity index (χ4n) is 1.96. The third kappa shape index (κ3) is 3.79. The second-order valence-corrected chi connectivity index (χ2v) is 5.09. The zero-order valence-electron chi connectivity index (χ0n) is 12.1. The van der Waals surface area contributed by atoms with Gasteiger partial charge in [-0.1, -0.05) is 13.8 Å². The minimum absolute atomic E-state index is 0.440. The van der Waals surface area contributed by atoms with Gasteiger partial charge in [0.25, 0.3) is 0 Å². The smallest absolute Gasteiger partial charge is 0.239 e. The maximum absolute atomic E-state index is 5.83. The minimum Gasteiger partial charge on any atom is -0.476 e. The summed E-state index contributed by atoms with van der Waals surface area (Å²) in [6.45, 7) is 9.17. The van der Waals surface area contributed by atoms with E-state index >= 15 is 0 Å². The van der Waals surface area contributed by atoms with Crippen LogP contribution in [0.3, 0.4) is 0 Å². The topological polar surface area (TPSA) is 51.4 Å². The Hall–Kier alpha value is -1.45. The second kappa shape index (κ2) is 6.47. The van der Waals surface area contributed by atoms with Crippen LogP contribution in [0, 0.1) is 5.92 Å². The molecule has 0 fully saturated rings. The average Bonchev–Trinajstić information content (AvgIpc) is 2.30. The Kier molecular flexibility index (Phi) is 5.25. The van der Waals surface area contributed by atoms with Crippen LogP contribution in [0.15, 0.2) is 12.1 Å². The average molecular weight is 251 g/mol. The largest absolute Gasteiger partial charge is 0.476 e. The van der Waals surface area contributed by atoms with Crippen LogP contribution in [0.1, 0.15) is 34.1 Å². The molecule has 1 heterocycles. The molecule has 18 heavy (non-hydrogen) atoms. The van der Waals surface area contributed by atoms with E-state index in [0.717, 1.165) is 12.2 Å². The van der Waals surface area contributed by atoms with Gasteiger partial charge in [0.2, 0.25) is 5.88 Å². The number of rotatable bonds is 6. The fourth-order valence-corrected chi connectivity index (χ4v) is 1.96. The lowest BCUT2D eigenvalue weighted by molar-refractivity contribution is 0.329. The van der Waals surface area contributed by atoms with Crippen molar-refractivity contribution in [3.05, 3.63) is 12.1 Å². The molecular formula is C14H25N3O. The van der Waals surface area contributed by atoms with E-state index in [1.165, 1.54) is 0 Å². The van der Waals surface area contributed by atoms with E-state index in [2.05, 4.69) is 37.7 Å². The molecule has 0 saturated heterocycles. The van der Waals surface area contributed by atoms with Crippen LogP contribution in [0.25, 0.3) is 0 Å². The Morgan fingerprint density at radius 2 is 2.00 bits per heavy atom. The first-order valence-corrected chi connectivity index (χ1v) is 6.57. The fraction of sp³-hybridized carbons (Fsp3) is 0.643. The number of anilines is 2. The summed E-state index contributed by atoms with van der Waals surface area (Å²) >= 11 is 0. The number of nitrogens with zero attached hydrogens (tertiary/aromatic N) is 2. The van der Waals surface area contributed by atoms with Gasteiger partial charge in [0.1, 0.15) is 5.82 Å². The van der Waals surface area contributed by atoms with Crippen LogP contribution >= 0.6 is 0 Å². The molecule has 1 rings (SSSR count). The van der Waals surface area contributed by atoms with Gasteiger partial charge in [-0.2, -0.15) is 4.98 Å². The SMILES string of the molecule is CCOc1nc(N(C)C(C)CC(C)C)ccc1N. The van der Waals surface area contributed by atoms with Gasteiger partial charge in [-0.05, 0) is 38.3 Å². The number of aromatic nitrogens is 1. The van der Waals surface area contributed by atoms with Crippen molar-refractivity contribution in [2.24, 2.45) is 5.92 Å². The molecule has 0 aliphatic carbocycles. The zero-order valence-corrected chi connectivity index (χ0v) is 12.1. The summed E-state index contributed by atoms with van der Waals surface area (Å²) in [5.41, 5.74) is 6.41. The molecule has 4 heteroatoms. The number of ether oxygens (including phenoxy) is 1. The second-order valence-electron chi connectivity index (χ2n) is 5.09. The van der Waals surface area contributed by atoms with Crippen LogP contribution in [-0.2, 0) is 0 Å². The molecule has 0 radical (unpaired) electrons. The van der Waals surface area contributed by atoms with Gasteiger partial charge in [-0.25, -0.2) is 0 Å². The highest BCUT2D eigenvalue weighted by Gasteiger charge is 2.14. The van der Waals surface area contributed by atoms with Crippen molar-refractivity contribution in [3.8, 4) is 5.88 Å². The van der Waals surface area contributed by atoms with E-state index in [0.29, 0.717) is 30.1 Å². The predicted octanol–water partition coefficient (Wildman–Crippen LogP) is 2.93. The van der Waals surface area contributed by atoms with Gasteiger partial charge in [0.05, 0.1) is 12.3 Å². The first-order valence-electron chi connectivity index (χ1n) is 6.57. The van der Waals surface area contributed by atoms with Crippen molar-refractivity contribution in [2.75, 3.05) is 24.3 Å². The quantitative estimate of drug-likeness (QED) is 0.844. The normalized spacial score (nSPS) is 12.6. The maximum atomic E-state index is 5.83. The van der Waals surface area contributed by atoms with Crippen LogP contribution < -0.4 is 15.4 Å². The van der Waals surface area contributed by atoms with Gasteiger partial charge in [0, 0.05) is 13.1 Å². The molecule has 102 valence electrons. The molecule has 0 spiro atoms. The summed E-state index contributed by atoms with van der Waals surface area (Å²) in [5.74, 6) is 2.10. The first-order chi connectivity index (χ1) is 8.45. The van der Waals surface area contributed by atoms with Crippen molar-refractivity contribution in [1.29, 1.82) is 0 Å². The van der Waals surface area contributed by atoms with Crippen LogP contribution in [0.4, 0.5) is 11.5 Å². The molecule has 0 amide bonds. The summed E-state index contributed by atoms with van der Waals surface area (Å²) < 4.78 is 5.43. The van der Waals surface area contributed by atoms with Crippen molar-refractivity contribution in [1.82, 2.24) is 4.98 Å². The number of hydrogen-bond donors (Lipinski definition) is 1. The number of pyridine rings is 1. The molecule has 1 aromatic rings. The van der Waals surface area contributed by atoms with Gasteiger partial charge in [-0.3, -0.25) is 0 Å². The van der Waals surface area contributed by atoms with E-state index in [1.54, 1.807) is 0 Å². The van der Waals surface area contributed by atoms with Gasteiger partial charge < -0.3 is 15.4 Å². The summed E-state index contributed by atoms with van der Waals surface area (Å²) in [5, 5.41) is 0. The van der Waals surface area contributed by atoms with E-state index in [4.69, 9.17) is 10.5 Å². The molecule has 1 aromatic heterocycles. The molecule has 0 bridgehead atoms. The summed E-state index contributed by atoms with van der Waals surface area (Å²) in [4.78, 5) is 6.64. The van der Waals surface area contributed by atoms with Crippen molar-refractivity contribution >= 4 is 11.5 Å². The van der Waals surface area contributed by atoms with Gasteiger partial charge >= 0.3 is 0 Å². The number of nitrogen functional groups attached to an aromatic ring is 1. The third-order valence-corrected chi connectivity index (χ3v) is 2.99. The maximum Gasteiger partial charge on any atom is 0.239 e. The Morgan fingerprint density at radius 3 is 2.56 bits per heavy atom. The minimum atomic E-state index is 0.440. The van der Waals surface area contributed by atoms with E-state index < -0.39 is 0 Å². The highest BCUT2D eigenvalue weighted by atomic mass is 16.5. The number of nitrogens with two attached hydrogens (primary N) is 1. The lowest BCUT2D eigenvalue weighted by Crippen LogP contribution is -2.30. The molecule has 2 N–H and O–H groups in total. The van der Waals surface area contributed by atoms with Crippen molar-refractivity contribution in [3.63, 3.8) is 0 Å². The Bertz CT molecular complexity index is 379. The molecule has 1 atom stereocenters.